The lowest BCUT2D eigenvalue weighted by molar-refractivity contribution is -0.120. The van der Waals surface area contributed by atoms with Gasteiger partial charge in [-0.05, 0) is 25.0 Å². The molecule has 108 valence electrons. The van der Waals surface area contributed by atoms with E-state index in [-0.39, 0.29) is 11.2 Å². The Labute approximate surface area is 125 Å². The number of benzene rings is 1. The van der Waals surface area contributed by atoms with Gasteiger partial charge in [-0.25, -0.2) is 10.1 Å². The molecule has 0 bridgehead atoms. The molecule has 1 aliphatic rings. The summed E-state index contributed by atoms with van der Waals surface area (Å²) in [6.07, 6.45) is 3.00. The molecule has 0 aliphatic carbocycles. The van der Waals surface area contributed by atoms with Crippen LogP contribution in [0, 0.1) is 0 Å². The number of nitrogens with zero attached hydrogens (tertiary/aromatic N) is 3. The molecule has 0 spiro atoms. The van der Waals surface area contributed by atoms with Gasteiger partial charge in [-0.3, -0.25) is 9.20 Å². The van der Waals surface area contributed by atoms with Crippen molar-refractivity contribution in [3.63, 3.8) is 0 Å². The van der Waals surface area contributed by atoms with Crippen LogP contribution in [0.25, 0.3) is 16.8 Å². The van der Waals surface area contributed by atoms with Gasteiger partial charge in [-0.2, -0.15) is 0 Å². The summed E-state index contributed by atoms with van der Waals surface area (Å²) in [5.74, 6) is 0.825. The molecule has 1 amide bonds. The molecule has 1 unspecified atom stereocenters. The molecule has 4 rings (SSSR count). The van der Waals surface area contributed by atoms with Crippen molar-refractivity contribution in [3.8, 4) is 0 Å². The number of para-hydroxylation sites is 2. The number of carbonyl (C=O) groups is 1. The molecule has 0 radical (unpaired) electrons. The molecule has 6 nitrogen and oxygen atoms in total. The van der Waals surface area contributed by atoms with Gasteiger partial charge in [0.25, 0.3) is 0 Å². The van der Waals surface area contributed by atoms with Crippen molar-refractivity contribution in [2.24, 2.45) is 0 Å². The summed E-state index contributed by atoms with van der Waals surface area (Å²) >= 11 is 1.51. The molecular weight excluding hydrogens is 286 g/mol. The maximum absolute atomic E-state index is 12.1. The van der Waals surface area contributed by atoms with Gasteiger partial charge in [-0.1, -0.05) is 30.3 Å². The first-order valence-electron chi connectivity index (χ1n) is 7.09. The third-order valence-corrected chi connectivity index (χ3v) is 4.96. The van der Waals surface area contributed by atoms with E-state index in [2.05, 4.69) is 20.5 Å². The van der Waals surface area contributed by atoms with E-state index in [0.29, 0.717) is 5.78 Å². The Balaban J connectivity index is 1.74. The third kappa shape index (κ3) is 2.17. The summed E-state index contributed by atoms with van der Waals surface area (Å²) in [7, 11) is 0. The molecule has 2 aromatic heterocycles. The van der Waals surface area contributed by atoms with Crippen LogP contribution in [0.4, 0.5) is 0 Å². The highest BCUT2D eigenvalue weighted by molar-refractivity contribution is 8.00. The summed E-state index contributed by atoms with van der Waals surface area (Å²) < 4.78 is 1.98. The Bertz CT molecular complexity index is 808. The molecule has 3 heterocycles. The largest absolute Gasteiger partial charge is 0.355 e. The van der Waals surface area contributed by atoms with Gasteiger partial charge in [0, 0.05) is 6.54 Å². The smallest absolute Gasteiger partial charge is 0.233 e. The summed E-state index contributed by atoms with van der Waals surface area (Å²) in [6, 6.07) is 7.94. The maximum atomic E-state index is 12.1. The number of thioether (sulfide) groups is 1. The van der Waals surface area contributed by atoms with Crippen LogP contribution in [0.2, 0.25) is 0 Å². The van der Waals surface area contributed by atoms with Crippen LogP contribution < -0.4 is 5.32 Å². The number of aromatic amines is 1. The second-order valence-corrected chi connectivity index (χ2v) is 6.33. The molecule has 1 atom stereocenters. The minimum atomic E-state index is -0.0832. The molecule has 1 aliphatic heterocycles. The fourth-order valence-corrected chi connectivity index (χ4v) is 3.79. The Morgan fingerprint density at radius 1 is 1.29 bits per heavy atom. The zero-order valence-electron chi connectivity index (χ0n) is 11.4. The van der Waals surface area contributed by atoms with Crippen molar-refractivity contribution in [1.82, 2.24) is 24.9 Å². The van der Waals surface area contributed by atoms with Gasteiger partial charge in [-0.15, -0.1) is 5.10 Å². The number of rotatable bonds is 2. The molecule has 1 aromatic carbocycles. The van der Waals surface area contributed by atoms with Gasteiger partial charge in [0.1, 0.15) is 0 Å². The molecule has 0 saturated carbocycles. The van der Waals surface area contributed by atoms with E-state index < -0.39 is 0 Å². The summed E-state index contributed by atoms with van der Waals surface area (Å²) in [5.41, 5.74) is 1.94. The SMILES string of the molecule is O=C1NCCCCC1Sc1n[nH]c2nc3ccccc3n12. The minimum absolute atomic E-state index is 0.0832. The predicted octanol–water partition coefficient (Wildman–Crippen LogP) is 1.97. The van der Waals surface area contributed by atoms with E-state index in [9.17, 15) is 4.79 Å². The first-order valence-corrected chi connectivity index (χ1v) is 7.97. The molecular formula is C14H15N5OS. The van der Waals surface area contributed by atoms with Gasteiger partial charge < -0.3 is 5.32 Å². The highest BCUT2D eigenvalue weighted by Crippen LogP contribution is 2.29. The molecule has 21 heavy (non-hydrogen) atoms. The van der Waals surface area contributed by atoms with Crippen molar-refractivity contribution in [2.75, 3.05) is 6.54 Å². The normalized spacial score (nSPS) is 19.8. The summed E-state index contributed by atoms with van der Waals surface area (Å²) in [5, 5.41) is 10.9. The van der Waals surface area contributed by atoms with E-state index in [1.165, 1.54) is 11.8 Å². The Kier molecular flexibility index (Phi) is 3.07. The molecule has 2 N–H and O–H groups in total. The van der Waals surface area contributed by atoms with E-state index >= 15 is 0 Å². The van der Waals surface area contributed by atoms with Crippen LogP contribution in [-0.2, 0) is 4.79 Å². The van der Waals surface area contributed by atoms with E-state index in [4.69, 9.17) is 0 Å². The van der Waals surface area contributed by atoms with Crippen LogP contribution in [0.5, 0.6) is 0 Å². The van der Waals surface area contributed by atoms with Crippen molar-refractivity contribution in [2.45, 2.75) is 29.7 Å². The fraction of sp³-hybridized carbons (Fsp3) is 0.357. The average Bonchev–Trinajstić information content (AvgIpc) is 2.98. The zero-order chi connectivity index (χ0) is 14.2. The number of nitrogens with one attached hydrogen (secondary N) is 2. The van der Waals surface area contributed by atoms with Crippen molar-refractivity contribution in [3.05, 3.63) is 24.3 Å². The Hall–Kier alpha value is -2.02. The van der Waals surface area contributed by atoms with Crippen LogP contribution in [0.15, 0.2) is 29.4 Å². The number of aromatic nitrogens is 4. The maximum Gasteiger partial charge on any atom is 0.233 e. The van der Waals surface area contributed by atoms with E-state index in [1.54, 1.807) is 0 Å². The van der Waals surface area contributed by atoms with Gasteiger partial charge in [0.05, 0.1) is 16.3 Å². The van der Waals surface area contributed by atoms with E-state index in [0.717, 1.165) is 42.0 Å². The fourth-order valence-electron chi connectivity index (χ4n) is 2.67. The average molecular weight is 301 g/mol. The lowest BCUT2D eigenvalue weighted by atomic mass is 10.2. The summed E-state index contributed by atoms with van der Waals surface area (Å²) in [4.78, 5) is 16.6. The standard InChI is InChI=1S/C14H15N5OS/c20-12-11(7-3-4-8-15-12)21-14-18-17-13-16-9-5-1-2-6-10(9)19(13)14/h1-2,5-6,11H,3-4,7-8H2,(H,15,20)(H,16,17). The number of amides is 1. The van der Waals surface area contributed by atoms with Crippen LogP contribution in [-0.4, -0.2) is 37.3 Å². The number of carbonyl (C=O) groups excluding carboxylic acids is 1. The quantitative estimate of drug-likeness (QED) is 0.759. The number of imidazole rings is 1. The molecule has 1 saturated heterocycles. The van der Waals surface area contributed by atoms with E-state index in [1.807, 2.05) is 28.7 Å². The van der Waals surface area contributed by atoms with Gasteiger partial charge in [0.2, 0.25) is 11.7 Å². The topological polar surface area (TPSA) is 75.1 Å². The number of H-pyrrole nitrogens is 1. The first-order chi connectivity index (χ1) is 10.3. The lowest BCUT2D eigenvalue weighted by Crippen LogP contribution is -2.30. The van der Waals surface area contributed by atoms with Crippen molar-refractivity contribution < 1.29 is 4.79 Å². The lowest BCUT2D eigenvalue weighted by Gasteiger charge is -2.10. The van der Waals surface area contributed by atoms with Crippen molar-refractivity contribution in [1.29, 1.82) is 0 Å². The predicted molar refractivity (Wildman–Crippen MR) is 81.3 cm³/mol. The van der Waals surface area contributed by atoms with Gasteiger partial charge in [0.15, 0.2) is 5.16 Å². The number of hydrogen-bond acceptors (Lipinski definition) is 4. The van der Waals surface area contributed by atoms with Crippen molar-refractivity contribution >= 4 is 34.5 Å². The van der Waals surface area contributed by atoms with Crippen LogP contribution >= 0.6 is 11.8 Å². The van der Waals surface area contributed by atoms with Crippen LogP contribution in [0.3, 0.4) is 0 Å². The second-order valence-electron chi connectivity index (χ2n) is 5.16. The Morgan fingerprint density at radius 3 is 3.14 bits per heavy atom. The highest BCUT2D eigenvalue weighted by Gasteiger charge is 2.24. The molecule has 3 aromatic rings. The number of hydrogen-bond donors (Lipinski definition) is 2. The monoisotopic (exact) mass is 301 g/mol. The minimum Gasteiger partial charge on any atom is -0.355 e. The molecule has 7 heteroatoms. The summed E-state index contributed by atoms with van der Waals surface area (Å²) in [6.45, 7) is 0.778. The second kappa shape index (κ2) is 5.07. The number of fused-ring (bicyclic) bond motifs is 3. The molecule has 1 fully saturated rings. The highest BCUT2D eigenvalue weighted by atomic mass is 32.2. The Morgan fingerprint density at radius 2 is 2.19 bits per heavy atom. The first kappa shape index (κ1) is 12.7. The zero-order valence-corrected chi connectivity index (χ0v) is 12.2. The van der Waals surface area contributed by atoms with Gasteiger partial charge >= 0.3 is 0 Å². The van der Waals surface area contributed by atoms with Crippen LogP contribution in [0.1, 0.15) is 19.3 Å². The third-order valence-electron chi connectivity index (χ3n) is 3.74.